The van der Waals surface area contributed by atoms with Crippen molar-refractivity contribution in [3.63, 3.8) is 0 Å². The molecule has 50 valence electrons. The highest BCUT2D eigenvalue weighted by molar-refractivity contribution is 5.80. The highest BCUT2D eigenvalue weighted by Crippen LogP contribution is 1.84. The summed E-state index contributed by atoms with van der Waals surface area (Å²) in [5, 5.41) is 3.71. The predicted molar refractivity (Wildman–Crippen MR) is 38.2 cm³/mol. The molecular formula is C7H11NO. The van der Waals surface area contributed by atoms with Crippen molar-refractivity contribution in [2.75, 3.05) is 6.61 Å². The van der Waals surface area contributed by atoms with E-state index in [1.807, 2.05) is 13.8 Å². The molecule has 0 saturated carbocycles. The van der Waals surface area contributed by atoms with Gasteiger partial charge in [0.1, 0.15) is 0 Å². The lowest BCUT2D eigenvalue weighted by Gasteiger charge is -1.92. The van der Waals surface area contributed by atoms with E-state index in [0.717, 1.165) is 12.1 Å². The van der Waals surface area contributed by atoms with E-state index in [1.165, 1.54) is 0 Å². The van der Waals surface area contributed by atoms with Crippen molar-refractivity contribution in [2.24, 2.45) is 5.16 Å². The van der Waals surface area contributed by atoms with Crippen LogP contribution < -0.4 is 0 Å². The Bertz CT molecular complexity index is 132. The van der Waals surface area contributed by atoms with E-state index in [9.17, 15) is 0 Å². The summed E-state index contributed by atoms with van der Waals surface area (Å²) in [5.74, 6) is 2.32. The maximum Gasteiger partial charge on any atom is 0.177 e. The van der Waals surface area contributed by atoms with Gasteiger partial charge in [0.15, 0.2) is 6.61 Å². The summed E-state index contributed by atoms with van der Waals surface area (Å²) < 4.78 is 0. The molecule has 0 fully saturated rings. The molecular weight excluding hydrogens is 114 g/mol. The van der Waals surface area contributed by atoms with Crippen molar-refractivity contribution >= 4 is 5.71 Å². The van der Waals surface area contributed by atoms with Crippen LogP contribution in [0.15, 0.2) is 5.16 Å². The molecule has 0 radical (unpaired) electrons. The molecule has 0 spiro atoms. The molecule has 0 bridgehead atoms. The molecule has 0 heterocycles. The Morgan fingerprint density at radius 1 is 1.78 bits per heavy atom. The van der Waals surface area contributed by atoms with Gasteiger partial charge in [-0.15, -0.1) is 6.42 Å². The summed E-state index contributed by atoms with van der Waals surface area (Å²) in [7, 11) is 0. The van der Waals surface area contributed by atoms with Crippen molar-refractivity contribution in [2.45, 2.75) is 20.3 Å². The summed E-state index contributed by atoms with van der Waals surface area (Å²) >= 11 is 0. The van der Waals surface area contributed by atoms with Crippen LogP contribution in [0.25, 0.3) is 0 Å². The molecule has 0 aromatic carbocycles. The van der Waals surface area contributed by atoms with E-state index in [-0.39, 0.29) is 6.61 Å². The third kappa shape index (κ3) is 4.89. The maximum absolute atomic E-state index is 4.91. The minimum Gasteiger partial charge on any atom is -0.383 e. The van der Waals surface area contributed by atoms with Crippen LogP contribution in [0.3, 0.4) is 0 Å². The first-order valence-electron chi connectivity index (χ1n) is 2.90. The van der Waals surface area contributed by atoms with Crippen molar-refractivity contribution in [3.8, 4) is 12.3 Å². The molecule has 0 N–H and O–H groups in total. The minimum absolute atomic E-state index is 0.261. The second kappa shape index (κ2) is 5.17. The molecule has 0 aromatic heterocycles. The molecule has 0 aliphatic heterocycles. The second-order valence-electron chi connectivity index (χ2n) is 1.66. The van der Waals surface area contributed by atoms with Crippen LogP contribution >= 0.6 is 0 Å². The normalized spacial score (nSPS) is 10.6. The van der Waals surface area contributed by atoms with Gasteiger partial charge in [-0.05, 0) is 13.3 Å². The zero-order valence-corrected chi connectivity index (χ0v) is 5.85. The van der Waals surface area contributed by atoms with Crippen molar-refractivity contribution in [3.05, 3.63) is 0 Å². The largest absolute Gasteiger partial charge is 0.383 e. The van der Waals surface area contributed by atoms with Gasteiger partial charge in [0, 0.05) is 0 Å². The van der Waals surface area contributed by atoms with Crippen molar-refractivity contribution in [1.82, 2.24) is 0 Å². The topological polar surface area (TPSA) is 21.6 Å². The molecule has 0 aliphatic rings. The number of nitrogens with zero attached hydrogens (tertiary/aromatic N) is 1. The fourth-order valence-electron chi connectivity index (χ4n) is 0.244. The first-order valence-corrected chi connectivity index (χ1v) is 2.90. The molecule has 2 nitrogen and oxygen atoms in total. The Kier molecular flexibility index (Phi) is 4.61. The van der Waals surface area contributed by atoms with Gasteiger partial charge in [0.05, 0.1) is 5.71 Å². The number of hydrogen-bond donors (Lipinski definition) is 0. The fraction of sp³-hybridized carbons (Fsp3) is 0.571. The van der Waals surface area contributed by atoms with Gasteiger partial charge in [0.25, 0.3) is 0 Å². The van der Waals surface area contributed by atoms with E-state index in [4.69, 9.17) is 6.42 Å². The second-order valence-corrected chi connectivity index (χ2v) is 1.66. The van der Waals surface area contributed by atoms with Gasteiger partial charge < -0.3 is 4.84 Å². The quantitative estimate of drug-likeness (QED) is 0.242. The Balaban J connectivity index is 3.35. The lowest BCUT2D eigenvalue weighted by atomic mass is 10.3. The molecule has 2 heteroatoms. The average molecular weight is 125 g/mol. The standard InChI is InChI=1S/C7H11NO/c1-4-6-9-8-7(3)5-2/h1H,5-6H2,2-3H3/b8-7+. The summed E-state index contributed by atoms with van der Waals surface area (Å²) in [5.41, 5.74) is 0.963. The average Bonchev–Trinajstić information content (AvgIpc) is 1.89. The zero-order chi connectivity index (χ0) is 7.11. The van der Waals surface area contributed by atoms with Gasteiger partial charge >= 0.3 is 0 Å². The van der Waals surface area contributed by atoms with E-state index in [0.29, 0.717) is 0 Å². The van der Waals surface area contributed by atoms with Gasteiger partial charge in [-0.2, -0.15) is 0 Å². The molecule has 0 aliphatic carbocycles. The van der Waals surface area contributed by atoms with Crippen LogP contribution in [0.4, 0.5) is 0 Å². The van der Waals surface area contributed by atoms with Crippen LogP contribution in [0.5, 0.6) is 0 Å². The smallest absolute Gasteiger partial charge is 0.177 e. The Hall–Kier alpha value is -0.970. The first-order chi connectivity index (χ1) is 4.31. The third-order valence-corrected chi connectivity index (χ3v) is 0.880. The highest BCUT2D eigenvalue weighted by Gasteiger charge is 1.82. The maximum atomic E-state index is 4.91. The van der Waals surface area contributed by atoms with Gasteiger partial charge in [0.2, 0.25) is 0 Å². The highest BCUT2D eigenvalue weighted by atomic mass is 16.6. The SMILES string of the molecule is C#CCO/N=C(\C)CC. The molecule has 9 heavy (non-hydrogen) atoms. The summed E-state index contributed by atoms with van der Waals surface area (Å²) in [4.78, 5) is 4.69. The molecule has 0 unspecified atom stereocenters. The monoisotopic (exact) mass is 125 g/mol. The Labute approximate surface area is 55.9 Å². The van der Waals surface area contributed by atoms with Gasteiger partial charge in [-0.25, -0.2) is 0 Å². The molecule has 0 atom stereocenters. The summed E-state index contributed by atoms with van der Waals surface area (Å²) in [6.45, 7) is 4.17. The van der Waals surface area contributed by atoms with Crippen LogP contribution in [-0.2, 0) is 4.84 Å². The number of hydrogen-bond acceptors (Lipinski definition) is 2. The Morgan fingerprint density at radius 3 is 2.89 bits per heavy atom. The van der Waals surface area contributed by atoms with E-state index in [1.54, 1.807) is 0 Å². The fourth-order valence-corrected chi connectivity index (χ4v) is 0.244. The van der Waals surface area contributed by atoms with Crippen molar-refractivity contribution in [1.29, 1.82) is 0 Å². The lowest BCUT2D eigenvalue weighted by Crippen LogP contribution is -1.90. The van der Waals surface area contributed by atoms with Crippen LogP contribution in [0, 0.1) is 12.3 Å². The number of oxime groups is 1. The van der Waals surface area contributed by atoms with Gasteiger partial charge in [-0.3, -0.25) is 0 Å². The van der Waals surface area contributed by atoms with Crippen LogP contribution in [0.1, 0.15) is 20.3 Å². The summed E-state index contributed by atoms with van der Waals surface area (Å²) in [6, 6.07) is 0. The van der Waals surface area contributed by atoms with Crippen molar-refractivity contribution < 1.29 is 4.84 Å². The molecule has 0 aromatic rings. The minimum atomic E-state index is 0.261. The molecule has 0 rings (SSSR count). The molecule has 0 amide bonds. The summed E-state index contributed by atoms with van der Waals surface area (Å²) in [6.07, 6.45) is 5.82. The Morgan fingerprint density at radius 2 is 2.44 bits per heavy atom. The molecule has 0 saturated heterocycles. The third-order valence-electron chi connectivity index (χ3n) is 0.880. The number of terminal acetylenes is 1. The predicted octanol–water partition coefficient (Wildman–Crippen LogP) is 1.42. The zero-order valence-electron chi connectivity index (χ0n) is 5.85. The van der Waals surface area contributed by atoms with E-state index in [2.05, 4.69) is 15.9 Å². The lowest BCUT2D eigenvalue weighted by molar-refractivity contribution is 0.179. The first kappa shape index (κ1) is 8.03. The van der Waals surface area contributed by atoms with Crippen LogP contribution in [-0.4, -0.2) is 12.3 Å². The number of rotatable bonds is 3. The van der Waals surface area contributed by atoms with E-state index >= 15 is 0 Å². The van der Waals surface area contributed by atoms with Gasteiger partial charge in [-0.1, -0.05) is 18.0 Å². The van der Waals surface area contributed by atoms with Crippen LogP contribution in [0.2, 0.25) is 0 Å². The van der Waals surface area contributed by atoms with E-state index < -0.39 is 0 Å².